The first kappa shape index (κ1) is 26.4. The summed E-state index contributed by atoms with van der Waals surface area (Å²) in [6.45, 7) is 2.93. The second kappa shape index (κ2) is 14.9. The number of carbonyl (C=O) groups is 1. The minimum Gasteiger partial charge on any atom is -0.494 e. The van der Waals surface area contributed by atoms with Gasteiger partial charge in [-0.1, -0.05) is 64.0 Å². The van der Waals surface area contributed by atoms with Crippen LogP contribution in [0.5, 0.6) is 11.5 Å². The van der Waals surface area contributed by atoms with E-state index in [1.807, 2.05) is 6.07 Å². The van der Waals surface area contributed by atoms with Gasteiger partial charge in [-0.2, -0.15) is 0 Å². The lowest BCUT2D eigenvalue weighted by atomic mass is 10.1. The molecule has 0 atom stereocenters. The molecule has 4 nitrogen and oxygen atoms in total. The summed E-state index contributed by atoms with van der Waals surface area (Å²) in [5.41, 5.74) is 2.39. The van der Waals surface area contributed by atoms with Crippen molar-refractivity contribution in [1.29, 1.82) is 0 Å². The summed E-state index contributed by atoms with van der Waals surface area (Å²) in [5.74, 6) is 0.492. The van der Waals surface area contributed by atoms with Gasteiger partial charge in [0.1, 0.15) is 17.3 Å². The Labute approximate surface area is 208 Å². The number of carbonyl (C=O) groups excluding carboxylic acids is 1. The molecule has 0 saturated carbocycles. The van der Waals surface area contributed by atoms with E-state index in [0.29, 0.717) is 17.9 Å². The highest BCUT2D eigenvalue weighted by atomic mass is 19.1. The molecule has 0 radical (unpaired) electrons. The molecule has 3 aromatic rings. The van der Waals surface area contributed by atoms with E-state index in [1.54, 1.807) is 48.7 Å². The predicted octanol–water partition coefficient (Wildman–Crippen LogP) is 7.74. The van der Waals surface area contributed by atoms with Crippen molar-refractivity contribution in [3.05, 3.63) is 89.5 Å². The number of halogens is 1. The number of aryl methyl sites for hydroxylation is 2. The number of benzene rings is 2. The Bertz CT molecular complexity index is 1000. The van der Waals surface area contributed by atoms with Crippen molar-refractivity contribution >= 4 is 5.97 Å². The van der Waals surface area contributed by atoms with Crippen molar-refractivity contribution in [2.24, 2.45) is 0 Å². The summed E-state index contributed by atoms with van der Waals surface area (Å²) in [6.07, 6.45) is 13.2. The Kier molecular flexibility index (Phi) is 11.3. The van der Waals surface area contributed by atoms with Gasteiger partial charge >= 0.3 is 5.97 Å². The van der Waals surface area contributed by atoms with E-state index in [-0.39, 0.29) is 5.82 Å². The fourth-order valence-corrected chi connectivity index (χ4v) is 3.82. The first-order valence-electron chi connectivity index (χ1n) is 12.8. The molecule has 35 heavy (non-hydrogen) atoms. The summed E-state index contributed by atoms with van der Waals surface area (Å²) in [6, 6.07) is 17.1. The van der Waals surface area contributed by atoms with Crippen LogP contribution < -0.4 is 9.47 Å². The van der Waals surface area contributed by atoms with E-state index in [1.165, 1.54) is 57.1 Å². The number of ether oxygens (including phenoxy) is 2. The van der Waals surface area contributed by atoms with E-state index in [0.717, 1.165) is 36.3 Å². The highest BCUT2D eigenvalue weighted by Gasteiger charge is 2.09. The number of nitrogens with zero attached hydrogens (tertiary/aromatic N) is 1. The van der Waals surface area contributed by atoms with Gasteiger partial charge < -0.3 is 9.47 Å². The van der Waals surface area contributed by atoms with Gasteiger partial charge in [0, 0.05) is 5.69 Å². The maximum atomic E-state index is 13.0. The van der Waals surface area contributed by atoms with Gasteiger partial charge in [0.2, 0.25) is 0 Å². The Balaban J connectivity index is 1.35. The van der Waals surface area contributed by atoms with Crippen molar-refractivity contribution in [3.8, 4) is 11.5 Å². The molecule has 0 aliphatic heterocycles. The number of hydrogen-bond acceptors (Lipinski definition) is 4. The lowest BCUT2D eigenvalue weighted by Gasteiger charge is -2.08. The molecule has 0 fully saturated rings. The Morgan fingerprint density at radius 3 is 2.09 bits per heavy atom. The van der Waals surface area contributed by atoms with E-state index < -0.39 is 5.97 Å². The molecule has 5 heteroatoms. The first-order chi connectivity index (χ1) is 17.1. The second-order valence-electron chi connectivity index (χ2n) is 8.85. The lowest BCUT2D eigenvalue weighted by molar-refractivity contribution is 0.0734. The Morgan fingerprint density at radius 1 is 0.771 bits per heavy atom. The zero-order chi connectivity index (χ0) is 24.7. The second-order valence-corrected chi connectivity index (χ2v) is 8.85. The number of hydrogen-bond donors (Lipinski definition) is 0. The molecular formula is C30H36FNO3. The number of rotatable bonds is 15. The topological polar surface area (TPSA) is 48.4 Å². The molecule has 0 N–H and O–H groups in total. The van der Waals surface area contributed by atoms with Gasteiger partial charge in [-0.15, -0.1) is 0 Å². The zero-order valence-electron chi connectivity index (χ0n) is 20.7. The molecule has 0 bridgehead atoms. The van der Waals surface area contributed by atoms with Gasteiger partial charge in [0.25, 0.3) is 0 Å². The van der Waals surface area contributed by atoms with E-state index in [9.17, 15) is 9.18 Å². The maximum Gasteiger partial charge on any atom is 0.343 e. The number of pyridine rings is 1. The minimum absolute atomic E-state index is 0.237. The summed E-state index contributed by atoms with van der Waals surface area (Å²) in [7, 11) is 0. The average molecular weight is 478 g/mol. The van der Waals surface area contributed by atoms with Crippen LogP contribution in [0.1, 0.15) is 79.9 Å². The van der Waals surface area contributed by atoms with Crippen molar-refractivity contribution in [2.45, 2.75) is 71.1 Å². The third kappa shape index (κ3) is 9.89. The lowest BCUT2D eigenvalue weighted by Crippen LogP contribution is -2.09. The number of unbranched alkanes of at least 4 members (excludes halogenated alkanes) is 7. The molecule has 3 rings (SSSR count). The number of aromatic nitrogens is 1. The van der Waals surface area contributed by atoms with Crippen LogP contribution >= 0.6 is 0 Å². The van der Waals surface area contributed by atoms with Crippen LogP contribution in [-0.4, -0.2) is 17.6 Å². The summed E-state index contributed by atoms with van der Waals surface area (Å²) >= 11 is 0. The van der Waals surface area contributed by atoms with Gasteiger partial charge in [0.05, 0.1) is 18.4 Å². The molecule has 1 aromatic heterocycles. The van der Waals surface area contributed by atoms with Crippen molar-refractivity contribution in [3.63, 3.8) is 0 Å². The summed E-state index contributed by atoms with van der Waals surface area (Å²) in [4.78, 5) is 16.8. The molecule has 0 spiro atoms. The fraction of sp³-hybridized carbons (Fsp3) is 0.400. The van der Waals surface area contributed by atoms with Crippen LogP contribution in [0.15, 0.2) is 66.9 Å². The summed E-state index contributed by atoms with van der Waals surface area (Å²) < 4.78 is 24.3. The smallest absolute Gasteiger partial charge is 0.343 e. The molecule has 1 heterocycles. The first-order valence-corrected chi connectivity index (χ1v) is 12.8. The molecule has 186 valence electrons. The van der Waals surface area contributed by atoms with E-state index >= 15 is 0 Å². The van der Waals surface area contributed by atoms with Gasteiger partial charge in [-0.25, -0.2) is 9.18 Å². The minimum atomic E-state index is -0.430. The molecule has 0 amide bonds. The van der Waals surface area contributed by atoms with Crippen molar-refractivity contribution in [2.75, 3.05) is 6.61 Å². The largest absolute Gasteiger partial charge is 0.494 e. The molecule has 0 aliphatic carbocycles. The van der Waals surface area contributed by atoms with Gasteiger partial charge in [-0.3, -0.25) is 4.98 Å². The SMILES string of the molecule is CCCCCCCCCCOc1ccc(C(=O)Oc2ccc(CCc3ccc(F)cc3)nc2)cc1. The Hall–Kier alpha value is -3.21. The molecule has 0 saturated heterocycles. The highest BCUT2D eigenvalue weighted by molar-refractivity contribution is 5.91. The van der Waals surface area contributed by atoms with Crippen LogP contribution in [0.2, 0.25) is 0 Å². The average Bonchev–Trinajstić information content (AvgIpc) is 2.88. The highest BCUT2D eigenvalue weighted by Crippen LogP contribution is 2.17. The normalized spacial score (nSPS) is 10.8. The fourth-order valence-electron chi connectivity index (χ4n) is 3.82. The zero-order valence-corrected chi connectivity index (χ0v) is 20.7. The maximum absolute atomic E-state index is 13.0. The van der Waals surface area contributed by atoms with E-state index in [4.69, 9.17) is 9.47 Å². The van der Waals surface area contributed by atoms with E-state index in [2.05, 4.69) is 11.9 Å². The third-order valence-electron chi connectivity index (χ3n) is 5.95. The molecule has 2 aromatic carbocycles. The van der Waals surface area contributed by atoms with Crippen LogP contribution in [0.4, 0.5) is 4.39 Å². The monoisotopic (exact) mass is 477 g/mol. The molecular weight excluding hydrogens is 441 g/mol. The molecule has 0 aliphatic rings. The van der Waals surface area contributed by atoms with Gasteiger partial charge in [-0.05, 0) is 73.4 Å². The van der Waals surface area contributed by atoms with Gasteiger partial charge in [0.15, 0.2) is 0 Å². The van der Waals surface area contributed by atoms with Crippen LogP contribution in [0.25, 0.3) is 0 Å². The third-order valence-corrected chi connectivity index (χ3v) is 5.95. The standard InChI is InChI=1S/C30H36FNO3/c1-2-3-4-5-6-7-8-9-22-34-28-19-13-25(14-20-28)30(33)35-29-21-18-27(32-23-29)17-12-24-10-15-26(31)16-11-24/h10-11,13-16,18-21,23H,2-9,12,17,22H2,1H3. The predicted molar refractivity (Wildman–Crippen MR) is 138 cm³/mol. The number of esters is 1. The van der Waals surface area contributed by atoms with Crippen LogP contribution in [0, 0.1) is 5.82 Å². The van der Waals surface area contributed by atoms with Crippen LogP contribution in [0.3, 0.4) is 0 Å². The van der Waals surface area contributed by atoms with Crippen molar-refractivity contribution in [1.82, 2.24) is 4.98 Å². The Morgan fingerprint density at radius 2 is 1.43 bits per heavy atom. The van der Waals surface area contributed by atoms with Crippen LogP contribution in [-0.2, 0) is 12.8 Å². The van der Waals surface area contributed by atoms with Crippen molar-refractivity contribution < 1.29 is 18.7 Å². The quantitative estimate of drug-likeness (QED) is 0.166. The summed E-state index contributed by atoms with van der Waals surface area (Å²) in [5, 5.41) is 0. The molecule has 0 unspecified atom stereocenters.